The molecule has 0 bridgehead atoms. The fraction of sp³-hybridized carbons (Fsp3) is 0.0769. The summed E-state index contributed by atoms with van der Waals surface area (Å²) in [6.07, 6.45) is 1.64. The second kappa shape index (κ2) is 7.16. The van der Waals surface area contributed by atoms with E-state index in [-0.39, 0.29) is 11.7 Å². The Labute approximate surface area is 128 Å². The first-order valence-corrected chi connectivity index (χ1v) is 7.54. The molecule has 1 heterocycles. The van der Waals surface area contributed by atoms with E-state index in [1.807, 2.05) is 30.3 Å². The zero-order valence-corrected chi connectivity index (χ0v) is 12.8. The van der Waals surface area contributed by atoms with Gasteiger partial charge in [0.05, 0.1) is 5.75 Å². The van der Waals surface area contributed by atoms with Crippen LogP contribution in [-0.4, -0.2) is 22.6 Å². The van der Waals surface area contributed by atoms with E-state index in [0.717, 1.165) is 9.37 Å². The Balaban J connectivity index is 1.74. The smallest absolute Gasteiger partial charge is 0.286 e. The van der Waals surface area contributed by atoms with E-state index >= 15 is 0 Å². The quantitative estimate of drug-likeness (QED) is 0.583. The Morgan fingerprint density at radius 2 is 1.95 bits per heavy atom. The molecule has 7 heteroatoms. The van der Waals surface area contributed by atoms with Crippen LogP contribution in [-0.2, 0) is 4.79 Å². The number of thioether (sulfide) groups is 1. The van der Waals surface area contributed by atoms with Gasteiger partial charge in [0, 0.05) is 15.6 Å². The molecule has 0 radical (unpaired) electrons. The van der Waals surface area contributed by atoms with Crippen LogP contribution in [0.25, 0.3) is 0 Å². The highest BCUT2D eigenvalue weighted by molar-refractivity contribution is 9.10. The number of hydrogen-bond donors (Lipinski definition) is 3. The van der Waals surface area contributed by atoms with Gasteiger partial charge in [-0.25, -0.2) is 0 Å². The number of rotatable bonds is 4. The van der Waals surface area contributed by atoms with E-state index in [2.05, 4.69) is 31.8 Å². The van der Waals surface area contributed by atoms with Gasteiger partial charge in [-0.15, -0.1) is 11.8 Å². The summed E-state index contributed by atoms with van der Waals surface area (Å²) < 4.78 is 0.772. The van der Waals surface area contributed by atoms with Gasteiger partial charge in [-0.1, -0.05) is 18.2 Å². The highest BCUT2D eigenvalue weighted by Crippen LogP contribution is 2.16. The Morgan fingerprint density at radius 1 is 1.20 bits per heavy atom. The minimum atomic E-state index is -0.395. The van der Waals surface area contributed by atoms with Crippen LogP contribution in [0.1, 0.15) is 10.5 Å². The SMILES string of the molecule is O=C(CSc1ccccc1)NNC(=O)c1cc(Br)c[nH]1. The summed E-state index contributed by atoms with van der Waals surface area (Å²) in [5.74, 6) is -0.426. The first kappa shape index (κ1) is 14.7. The van der Waals surface area contributed by atoms with Gasteiger partial charge in [0.2, 0.25) is 5.91 Å². The summed E-state index contributed by atoms with van der Waals surface area (Å²) in [4.78, 5) is 27.0. The van der Waals surface area contributed by atoms with Crippen molar-refractivity contribution in [2.45, 2.75) is 4.90 Å². The first-order valence-electron chi connectivity index (χ1n) is 5.76. The van der Waals surface area contributed by atoms with Gasteiger partial charge in [-0.3, -0.25) is 20.4 Å². The molecule has 1 aromatic heterocycles. The third kappa shape index (κ3) is 4.43. The van der Waals surface area contributed by atoms with Crippen molar-refractivity contribution in [3.05, 3.63) is 52.8 Å². The van der Waals surface area contributed by atoms with E-state index in [1.165, 1.54) is 11.8 Å². The van der Waals surface area contributed by atoms with Crippen LogP contribution in [0.2, 0.25) is 0 Å². The molecule has 0 aliphatic carbocycles. The van der Waals surface area contributed by atoms with Crippen LogP contribution in [0.5, 0.6) is 0 Å². The van der Waals surface area contributed by atoms with Crippen LogP contribution < -0.4 is 10.9 Å². The molecule has 104 valence electrons. The van der Waals surface area contributed by atoms with Crippen molar-refractivity contribution in [3.8, 4) is 0 Å². The molecule has 2 rings (SSSR count). The van der Waals surface area contributed by atoms with Crippen molar-refractivity contribution in [2.75, 3.05) is 5.75 Å². The minimum Gasteiger partial charge on any atom is -0.356 e. The Morgan fingerprint density at radius 3 is 2.60 bits per heavy atom. The normalized spacial score (nSPS) is 10.1. The lowest BCUT2D eigenvalue weighted by molar-refractivity contribution is -0.119. The highest BCUT2D eigenvalue weighted by Gasteiger charge is 2.09. The number of hydrazine groups is 1. The molecule has 20 heavy (non-hydrogen) atoms. The van der Waals surface area contributed by atoms with Gasteiger partial charge < -0.3 is 4.98 Å². The zero-order chi connectivity index (χ0) is 14.4. The van der Waals surface area contributed by atoms with Crippen LogP contribution in [0, 0.1) is 0 Å². The Kier molecular flexibility index (Phi) is 5.25. The molecular formula is C13H12BrN3O2S. The lowest BCUT2D eigenvalue weighted by atomic mass is 10.4. The number of nitrogens with one attached hydrogen (secondary N) is 3. The van der Waals surface area contributed by atoms with Gasteiger partial charge in [0.15, 0.2) is 0 Å². The Hall–Kier alpha value is -1.73. The molecule has 0 atom stereocenters. The van der Waals surface area contributed by atoms with Crippen LogP contribution in [0.4, 0.5) is 0 Å². The van der Waals surface area contributed by atoms with Crippen molar-refractivity contribution in [2.24, 2.45) is 0 Å². The van der Waals surface area contributed by atoms with Gasteiger partial charge >= 0.3 is 0 Å². The number of halogens is 1. The fourth-order valence-corrected chi connectivity index (χ4v) is 2.46. The number of carbonyl (C=O) groups is 2. The lowest BCUT2D eigenvalue weighted by Crippen LogP contribution is -2.42. The number of amides is 2. The van der Waals surface area contributed by atoms with Crippen molar-refractivity contribution in [1.29, 1.82) is 0 Å². The minimum absolute atomic E-state index is 0.235. The Bertz CT molecular complexity index is 601. The highest BCUT2D eigenvalue weighted by atomic mass is 79.9. The molecular weight excluding hydrogens is 342 g/mol. The molecule has 0 spiro atoms. The fourth-order valence-electron chi connectivity index (χ4n) is 1.39. The van der Waals surface area contributed by atoms with Crippen LogP contribution in [0.3, 0.4) is 0 Å². The molecule has 0 aliphatic rings. The molecule has 0 aliphatic heterocycles. The maximum Gasteiger partial charge on any atom is 0.286 e. The molecule has 3 N–H and O–H groups in total. The largest absolute Gasteiger partial charge is 0.356 e. The second-order valence-electron chi connectivity index (χ2n) is 3.84. The lowest BCUT2D eigenvalue weighted by Gasteiger charge is -2.06. The van der Waals surface area contributed by atoms with Gasteiger partial charge in [-0.05, 0) is 34.1 Å². The third-order valence-electron chi connectivity index (χ3n) is 2.32. The van der Waals surface area contributed by atoms with E-state index in [9.17, 15) is 9.59 Å². The van der Waals surface area contributed by atoms with E-state index < -0.39 is 5.91 Å². The summed E-state index contributed by atoms with van der Waals surface area (Å²) in [5.41, 5.74) is 5.08. The first-order chi connectivity index (χ1) is 9.65. The second-order valence-corrected chi connectivity index (χ2v) is 5.80. The summed E-state index contributed by atoms with van der Waals surface area (Å²) in [7, 11) is 0. The van der Waals surface area contributed by atoms with Crippen LogP contribution in [0.15, 0.2) is 52.0 Å². The average molecular weight is 354 g/mol. The predicted molar refractivity (Wildman–Crippen MR) is 81.3 cm³/mol. The van der Waals surface area contributed by atoms with Crippen LogP contribution >= 0.6 is 27.7 Å². The van der Waals surface area contributed by atoms with Gasteiger partial charge in [0.1, 0.15) is 5.69 Å². The molecule has 0 saturated carbocycles. The van der Waals surface area contributed by atoms with Crippen molar-refractivity contribution < 1.29 is 9.59 Å². The third-order valence-corrected chi connectivity index (χ3v) is 3.79. The van der Waals surface area contributed by atoms with Crippen molar-refractivity contribution in [3.63, 3.8) is 0 Å². The maximum atomic E-state index is 11.7. The molecule has 0 fully saturated rings. The molecule has 5 nitrogen and oxygen atoms in total. The number of hydrogen-bond acceptors (Lipinski definition) is 3. The zero-order valence-electron chi connectivity index (χ0n) is 10.4. The van der Waals surface area contributed by atoms with Crippen molar-refractivity contribution >= 4 is 39.5 Å². The maximum absolute atomic E-state index is 11.7. The number of carbonyl (C=O) groups excluding carboxylic acids is 2. The monoisotopic (exact) mass is 353 g/mol. The summed E-state index contributed by atoms with van der Waals surface area (Å²) in [5, 5.41) is 0. The van der Waals surface area contributed by atoms with Gasteiger partial charge in [-0.2, -0.15) is 0 Å². The summed E-state index contributed by atoms with van der Waals surface area (Å²) >= 11 is 4.63. The number of aromatic nitrogens is 1. The molecule has 1 aromatic carbocycles. The number of aromatic amines is 1. The molecule has 2 amide bonds. The van der Waals surface area contributed by atoms with E-state index in [4.69, 9.17) is 0 Å². The van der Waals surface area contributed by atoms with E-state index in [1.54, 1.807) is 12.3 Å². The molecule has 2 aromatic rings. The summed E-state index contributed by atoms with van der Waals surface area (Å²) in [6, 6.07) is 11.2. The standard InChI is InChI=1S/C13H12BrN3O2S/c14-9-6-11(15-7-9)13(19)17-16-12(18)8-20-10-4-2-1-3-5-10/h1-7,15H,8H2,(H,16,18)(H,17,19). The van der Waals surface area contributed by atoms with E-state index in [0.29, 0.717) is 5.69 Å². The van der Waals surface area contributed by atoms with Crippen molar-refractivity contribution in [1.82, 2.24) is 15.8 Å². The predicted octanol–water partition coefficient (Wildman–Crippen LogP) is 2.33. The topological polar surface area (TPSA) is 74.0 Å². The summed E-state index contributed by atoms with van der Waals surface area (Å²) in [6.45, 7) is 0. The van der Waals surface area contributed by atoms with Gasteiger partial charge in [0.25, 0.3) is 5.91 Å². The molecule has 0 unspecified atom stereocenters. The number of benzene rings is 1. The number of H-pyrrole nitrogens is 1. The molecule has 0 saturated heterocycles. The average Bonchev–Trinajstić information content (AvgIpc) is 2.90.